The Bertz CT molecular complexity index is 441. The molecular formula is C10H15N7. The third-order valence-corrected chi connectivity index (χ3v) is 2.03. The molecule has 2 aromatic heterocycles. The second kappa shape index (κ2) is 5.24. The summed E-state index contributed by atoms with van der Waals surface area (Å²) in [5.74, 6) is 1.66. The first kappa shape index (κ1) is 11.3. The topological polar surface area (TPSA) is 80.5 Å². The van der Waals surface area contributed by atoms with E-state index in [0.29, 0.717) is 17.8 Å². The Kier molecular flexibility index (Phi) is 3.49. The Morgan fingerprint density at radius 2 is 1.71 bits per heavy atom. The molecule has 0 saturated heterocycles. The van der Waals surface area contributed by atoms with Gasteiger partial charge in [0, 0.05) is 25.5 Å². The molecule has 90 valence electrons. The highest BCUT2D eigenvalue weighted by Crippen LogP contribution is 2.08. The number of hydrogen-bond donors (Lipinski definition) is 2. The van der Waals surface area contributed by atoms with Gasteiger partial charge in [-0.2, -0.15) is 15.0 Å². The van der Waals surface area contributed by atoms with Gasteiger partial charge in [0.15, 0.2) is 0 Å². The SMILES string of the molecule is CCNc1nc(NCC)nc(-n2ccnc2)n1. The molecule has 0 spiro atoms. The van der Waals surface area contributed by atoms with Gasteiger partial charge in [-0.3, -0.25) is 4.57 Å². The van der Waals surface area contributed by atoms with E-state index >= 15 is 0 Å². The van der Waals surface area contributed by atoms with E-state index in [1.165, 1.54) is 0 Å². The van der Waals surface area contributed by atoms with Crippen LogP contribution in [0.15, 0.2) is 18.7 Å². The Balaban J connectivity index is 2.37. The van der Waals surface area contributed by atoms with E-state index in [2.05, 4.69) is 30.6 Å². The second-order valence-electron chi connectivity index (χ2n) is 3.31. The van der Waals surface area contributed by atoms with Crippen LogP contribution in [0.4, 0.5) is 11.9 Å². The number of rotatable bonds is 5. The molecule has 17 heavy (non-hydrogen) atoms. The van der Waals surface area contributed by atoms with Crippen LogP contribution in [0.5, 0.6) is 0 Å². The molecule has 2 N–H and O–H groups in total. The molecule has 2 heterocycles. The maximum Gasteiger partial charge on any atom is 0.241 e. The number of nitrogens with one attached hydrogen (secondary N) is 2. The van der Waals surface area contributed by atoms with E-state index in [-0.39, 0.29) is 0 Å². The fourth-order valence-electron chi connectivity index (χ4n) is 1.33. The van der Waals surface area contributed by atoms with Crippen molar-refractivity contribution < 1.29 is 0 Å². The standard InChI is InChI=1S/C10H15N7/c1-3-12-8-14-9(13-4-2)16-10(15-8)17-6-5-11-7-17/h5-7H,3-4H2,1-2H3,(H2,12,13,14,15,16). The summed E-state index contributed by atoms with van der Waals surface area (Å²) in [6.07, 6.45) is 5.13. The van der Waals surface area contributed by atoms with Crippen molar-refractivity contribution in [2.24, 2.45) is 0 Å². The fourth-order valence-corrected chi connectivity index (χ4v) is 1.33. The van der Waals surface area contributed by atoms with E-state index < -0.39 is 0 Å². The van der Waals surface area contributed by atoms with Gasteiger partial charge < -0.3 is 10.6 Å². The Morgan fingerprint density at radius 3 is 2.18 bits per heavy atom. The van der Waals surface area contributed by atoms with E-state index in [1.54, 1.807) is 23.3 Å². The summed E-state index contributed by atoms with van der Waals surface area (Å²) in [7, 11) is 0. The maximum atomic E-state index is 4.30. The predicted octanol–water partition coefficient (Wildman–Crippen LogP) is 0.921. The van der Waals surface area contributed by atoms with Crippen molar-refractivity contribution in [1.29, 1.82) is 0 Å². The van der Waals surface area contributed by atoms with Crippen molar-refractivity contribution >= 4 is 11.9 Å². The van der Waals surface area contributed by atoms with Crippen molar-refractivity contribution in [2.75, 3.05) is 23.7 Å². The molecule has 0 fully saturated rings. The zero-order chi connectivity index (χ0) is 12.1. The van der Waals surface area contributed by atoms with Gasteiger partial charge in [-0.05, 0) is 13.8 Å². The predicted molar refractivity (Wildman–Crippen MR) is 65.3 cm³/mol. The van der Waals surface area contributed by atoms with E-state index in [9.17, 15) is 0 Å². The molecule has 7 heteroatoms. The van der Waals surface area contributed by atoms with Crippen LogP contribution < -0.4 is 10.6 Å². The van der Waals surface area contributed by atoms with Crippen LogP contribution in [0.3, 0.4) is 0 Å². The highest BCUT2D eigenvalue weighted by Gasteiger charge is 2.06. The first-order valence-electron chi connectivity index (χ1n) is 5.55. The lowest BCUT2D eigenvalue weighted by Gasteiger charge is -2.08. The number of hydrogen-bond acceptors (Lipinski definition) is 6. The molecule has 0 atom stereocenters. The Labute approximate surface area is 99.3 Å². The van der Waals surface area contributed by atoms with E-state index in [1.807, 2.05) is 13.8 Å². The molecule has 2 rings (SSSR count). The number of imidazole rings is 1. The monoisotopic (exact) mass is 233 g/mol. The largest absolute Gasteiger partial charge is 0.354 e. The summed E-state index contributed by atoms with van der Waals surface area (Å²) in [5, 5.41) is 6.15. The molecule has 0 aromatic carbocycles. The van der Waals surface area contributed by atoms with Gasteiger partial charge in [0.05, 0.1) is 0 Å². The lowest BCUT2D eigenvalue weighted by Crippen LogP contribution is -2.11. The lowest BCUT2D eigenvalue weighted by molar-refractivity contribution is 0.889. The summed E-state index contributed by atoms with van der Waals surface area (Å²) < 4.78 is 1.74. The summed E-state index contributed by atoms with van der Waals surface area (Å²) >= 11 is 0. The summed E-state index contributed by atoms with van der Waals surface area (Å²) in [5.41, 5.74) is 0. The van der Waals surface area contributed by atoms with Crippen LogP contribution in [-0.4, -0.2) is 37.6 Å². The molecule has 0 amide bonds. The van der Waals surface area contributed by atoms with Crippen molar-refractivity contribution in [3.05, 3.63) is 18.7 Å². The Hall–Kier alpha value is -2.18. The minimum absolute atomic E-state index is 0.546. The minimum atomic E-state index is 0.546. The summed E-state index contributed by atoms with van der Waals surface area (Å²) in [6.45, 7) is 5.51. The van der Waals surface area contributed by atoms with Gasteiger partial charge in [0.25, 0.3) is 0 Å². The van der Waals surface area contributed by atoms with Crippen LogP contribution in [0.2, 0.25) is 0 Å². The Morgan fingerprint density at radius 1 is 1.06 bits per heavy atom. The van der Waals surface area contributed by atoms with Gasteiger partial charge >= 0.3 is 0 Å². The average molecular weight is 233 g/mol. The summed E-state index contributed by atoms with van der Waals surface area (Å²) in [4.78, 5) is 16.8. The number of aromatic nitrogens is 5. The molecule has 0 aliphatic carbocycles. The quantitative estimate of drug-likeness (QED) is 0.799. The molecule has 0 unspecified atom stereocenters. The maximum absolute atomic E-state index is 4.30. The molecule has 0 saturated carbocycles. The second-order valence-corrected chi connectivity index (χ2v) is 3.31. The average Bonchev–Trinajstić information content (AvgIpc) is 2.83. The molecule has 2 aromatic rings. The van der Waals surface area contributed by atoms with E-state index in [0.717, 1.165) is 13.1 Å². The number of nitrogens with zero attached hydrogens (tertiary/aromatic N) is 5. The van der Waals surface area contributed by atoms with Crippen LogP contribution in [0, 0.1) is 0 Å². The van der Waals surface area contributed by atoms with Crippen LogP contribution in [0.1, 0.15) is 13.8 Å². The minimum Gasteiger partial charge on any atom is -0.354 e. The number of anilines is 2. The summed E-state index contributed by atoms with van der Waals surface area (Å²) in [6, 6.07) is 0. The van der Waals surface area contributed by atoms with Gasteiger partial charge in [-0.15, -0.1) is 0 Å². The highest BCUT2D eigenvalue weighted by atomic mass is 15.3. The van der Waals surface area contributed by atoms with Crippen molar-refractivity contribution in [3.63, 3.8) is 0 Å². The zero-order valence-electron chi connectivity index (χ0n) is 9.88. The first-order valence-corrected chi connectivity index (χ1v) is 5.55. The molecule has 7 nitrogen and oxygen atoms in total. The normalized spacial score (nSPS) is 10.2. The van der Waals surface area contributed by atoms with Gasteiger partial charge in [0.2, 0.25) is 17.8 Å². The first-order chi connectivity index (χ1) is 8.33. The molecule has 0 bridgehead atoms. The molecule has 0 radical (unpaired) electrons. The lowest BCUT2D eigenvalue weighted by atomic mass is 10.7. The fraction of sp³-hybridized carbons (Fsp3) is 0.400. The third-order valence-electron chi connectivity index (χ3n) is 2.03. The van der Waals surface area contributed by atoms with Crippen LogP contribution in [-0.2, 0) is 0 Å². The molecule has 0 aliphatic rings. The van der Waals surface area contributed by atoms with Crippen molar-refractivity contribution in [3.8, 4) is 5.95 Å². The zero-order valence-corrected chi connectivity index (χ0v) is 9.88. The van der Waals surface area contributed by atoms with Gasteiger partial charge in [-0.1, -0.05) is 0 Å². The van der Waals surface area contributed by atoms with Crippen molar-refractivity contribution in [1.82, 2.24) is 24.5 Å². The van der Waals surface area contributed by atoms with Crippen LogP contribution in [0.25, 0.3) is 5.95 Å². The van der Waals surface area contributed by atoms with Gasteiger partial charge in [-0.25, -0.2) is 4.98 Å². The molecule has 0 aliphatic heterocycles. The van der Waals surface area contributed by atoms with Crippen molar-refractivity contribution in [2.45, 2.75) is 13.8 Å². The van der Waals surface area contributed by atoms with Crippen LogP contribution >= 0.6 is 0 Å². The smallest absolute Gasteiger partial charge is 0.241 e. The van der Waals surface area contributed by atoms with Gasteiger partial charge in [0.1, 0.15) is 6.33 Å². The molecular weight excluding hydrogens is 218 g/mol. The highest BCUT2D eigenvalue weighted by molar-refractivity contribution is 5.37. The van der Waals surface area contributed by atoms with E-state index in [4.69, 9.17) is 0 Å². The third kappa shape index (κ3) is 2.68.